The fourth-order valence-electron chi connectivity index (χ4n) is 1.74. The van der Waals surface area contributed by atoms with Gasteiger partial charge in [-0.3, -0.25) is 9.59 Å². The van der Waals surface area contributed by atoms with E-state index in [0.29, 0.717) is 0 Å². The van der Waals surface area contributed by atoms with Gasteiger partial charge >= 0.3 is 18.1 Å². The lowest BCUT2D eigenvalue weighted by Crippen LogP contribution is -2.23. The SMILES string of the molecule is CCOC(=O)CC(C)C(=O)COC(=O)c1ccc(C(F)(F)F)cc1. The number of esters is 2. The highest BCUT2D eigenvalue weighted by atomic mass is 19.4. The average Bonchev–Trinajstić information content (AvgIpc) is 2.51. The molecule has 0 saturated heterocycles. The molecule has 0 aliphatic carbocycles. The predicted octanol–water partition coefficient (Wildman–Crippen LogP) is 3.02. The highest BCUT2D eigenvalue weighted by Gasteiger charge is 2.30. The van der Waals surface area contributed by atoms with Crippen LogP contribution in [0.3, 0.4) is 0 Å². The van der Waals surface area contributed by atoms with Gasteiger partial charge in [-0.1, -0.05) is 6.92 Å². The molecule has 0 aliphatic heterocycles. The number of ether oxygens (including phenoxy) is 2. The van der Waals surface area contributed by atoms with Gasteiger partial charge in [0.2, 0.25) is 0 Å². The van der Waals surface area contributed by atoms with Gasteiger partial charge in [-0.2, -0.15) is 13.2 Å². The van der Waals surface area contributed by atoms with E-state index in [1.54, 1.807) is 6.92 Å². The van der Waals surface area contributed by atoms with E-state index in [2.05, 4.69) is 0 Å². The van der Waals surface area contributed by atoms with E-state index in [4.69, 9.17) is 9.47 Å². The zero-order valence-electron chi connectivity index (χ0n) is 13.2. The molecule has 0 amide bonds. The molecule has 0 heterocycles. The quantitative estimate of drug-likeness (QED) is 0.710. The molecule has 0 spiro atoms. The first kappa shape index (κ1) is 19.7. The maximum Gasteiger partial charge on any atom is 0.416 e. The maximum atomic E-state index is 12.4. The molecule has 0 saturated carbocycles. The molecular weight excluding hydrogens is 329 g/mol. The smallest absolute Gasteiger partial charge is 0.416 e. The number of Topliss-reactive ketones (excluding diaryl/α,β-unsaturated/α-hetero) is 1. The van der Waals surface area contributed by atoms with Crippen molar-refractivity contribution in [2.75, 3.05) is 13.2 Å². The summed E-state index contributed by atoms with van der Waals surface area (Å²) >= 11 is 0. The third kappa shape index (κ3) is 6.02. The molecule has 0 N–H and O–H groups in total. The summed E-state index contributed by atoms with van der Waals surface area (Å²) < 4.78 is 46.7. The van der Waals surface area contributed by atoms with E-state index in [0.717, 1.165) is 24.3 Å². The number of hydrogen-bond acceptors (Lipinski definition) is 5. The van der Waals surface area contributed by atoms with Gasteiger partial charge in [0.1, 0.15) is 0 Å². The Morgan fingerprint density at radius 3 is 2.17 bits per heavy atom. The summed E-state index contributed by atoms with van der Waals surface area (Å²) in [6, 6.07) is 3.44. The lowest BCUT2D eigenvalue weighted by Gasteiger charge is -2.11. The molecule has 1 unspecified atom stereocenters. The van der Waals surface area contributed by atoms with E-state index in [1.807, 2.05) is 0 Å². The Morgan fingerprint density at radius 2 is 1.67 bits per heavy atom. The molecule has 132 valence electrons. The largest absolute Gasteiger partial charge is 0.466 e. The number of carbonyl (C=O) groups is 3. The van der Waals surface area contributed by atoms with Crippen LogP contribution in [0.15, 0.2) is 24.3 Å². The minimum absolute atomic E-state index is 0.103. The Morgan fingerprint density at radius 1 is 1.08 bits per heavy atom. The minimum Gasteiger partial charge on any atom is -0.466 e. The van der Waals surface area contributed by atoms with Crippen molar-refractivity contribution in [3.8, 4) is 0 Å². The van der Waals surface area contributed by atoms with Gasteiger partial charge in [0.05, 0.1) is 24.2 Å². The average molecular weight is 346 g/mol. The number of ketones is 1. The van der Waals surface area contributed by atoms with Gasteiger partial charge in [-0.25, -0.2) is 4.79 Å². The number of halogens is 3. The Balaban J connectivity index is 2.53. The topological polar surface area (TPSA) is 69.7 Å². The van der Waals surface area contributed by atoms with Crippen LogP contribution in [0.1, 0.15) is 36.2 Å². The second kappa shape index (κ2) is 8.47. The molecule has 1 atom stereocenters. The summed E-state index contributed by atoms with van der Waals surface area (Å²) in [4.78, 5) is 34.7. The molecule has 1 aromatic carbocycles. The molecule has 1 rings (SSSR count). The predicted molar refractivity (Wildman–Crippen MR) is 77.1 cm³/mol. The second-order valence-corrected chi connectivity index (χ2v) is 5.03. The van der Waals surface area contributed by atoms with E-state index in [-0.39, 0.29) is 18.6 Å². The highest BCUT2D eigenvalue weighted by Crippen LogP contribution is 2.29. The Hall–Kier alpha value is -2.38. The second-order valence-electron chi connectivity index (χ2n) is 5.03. The molecule has 8 heteroatoms. The maximum absolute atomic E-state index is 12.4. The van der Waals surface area contributed by atoms with Crippen molar-refractivity contribution in [3.05, 3.63) is 35.4 Å². The lowest BCUT2D eigenvalue weighted by atomic mass is 10.0. The molecular formula is C16H17F3O5. The fraction of sp³-hybridized carbons (Fsp3) is 0.438. The van der Waals surface area contributed by atoms with Crippen LogP contribution in [0.4, 0.5) is 13.2 Å². The third-order valence-corrected chi connectivity index (χ3v) is 3.12. The summed E-state index contributed by atoms with van der Waals surface area (Å²) in [6.07, 6.45) is -4.63. The summed E-state index contributed by atoms with van der Waals surface area (Å²) in [5.41, 5.74) is -0.993. The zero-order chi connectivity index (χ0) is 18.3. The summed E-state index contributed by atoms with van der Waals surface area (Å²) in [6.45, 7) is 2.75. The van der Waals surface area contributed by atoms with Crippen LogP contribution < -0.4 is 0 Å². The van der Waals surface area contributed by atoms with Crippen LogP contribution in [0, 0.1) is 5.92 Å². The number of carbonyl (C=O) groups excluding carboxylic acids is 3. The summed E-state index contributed by atoms with van der Waals surface area (Å²) in [7, 11) is 0. The van der Waals surface area contributed by atoms with Crippen molar-refractivity contribution in [2.45, 2.75) is 26.4 Å². The monoisotopic (exact) mass is 346 g/mol. The van der Waals surface area contributed by atoms with Crippen LogP contribution in [-0.2, 0) is 25.2 Å². The van der Waals surface area contributed by atoms with Gasteiger partial charge in [0.15, 0.2) is 12.4 Å². The fourth-order valence-corrected chi connectivity index (χ4v) is 1.74. The molecule has 0 radical (unpaired) electrons. The van der Waals surface area contributed by atoms with Crippen molar-refractivity contribution in [3.63, 3.8) is 0 Å². The first-order chi connectivity index (χ1) is 11.1. The molecule has 0 aliphatic rings. The molecule has 5 nitrogen and oxygen atoms in total. The van der Waals surface area contributed by atoms with Crippen molar-refractivity contribution in [1.82, 2.24) is 0 Å². The molecule has 0 aromatic heterocycles. The normalized spacial score (nSPS) is 12.4. The van der Waals surface area contributed by atoms with Crippen molar-refractivity contribution in [1.29, 1.82) is 0 Å². The summed E-state index contributed by atoms with van der Waals surface area (Å²) in [5, 5.41) is 0. The Labute approximate surface area is 136 Å². The molecule has 24 heavy (non-hydrogen) atoms. The first-order valence-corrected chi connectivity index (χ1v) is 7.17. The van der Waals surface area contributed by atoms with E-state index >= 15 is 0 Å². The number of rotatable bonds is 7. The van der Waals surface area contributed by atoms with E-state index in [1.165, 1.54) is 6.92 Å². The molecule has 0 bridgehead atoms. The van der Waals surface area contributed by atoms with Crippen LogP contribution in [0.25, 0.3) is 0 Å². The Kier molecular flexibility index (Phi) is 6.94. The lowest BCUT2D eigenvalue weighted by molar-refractivity contribution is -0.146. The highest BCUT2D eigenvalue weighted by molar-refractivity contribution is 5.92. The van der Waals surface area contributed by atoms with Crippen LogP contribution in [0.5, 0.6) is 0 Å². The first-order valence-electron chi connectivity index (χ1n) is 7.17. The number of hydrogen-bond donors (Lipinski definition) is 0. The third-order valence-electron chi connectivity index (χ3n) is 3.12. The van der Waals surface area contributed by atoms with Crippen molar-refractivity contribution < 1.29 is 37.0 Å². The minimum atomic E-state index is -4.50. The van der Waals surface area contributed by atoms with Crippen LogP contribution in [0.2, 0.25) is 0 Å². The standard InChI is InChI=1S/C16H17F3O5/c1-3-23-14(21)8-10(2)13(20)9-24-15(22)11-4-6-12(7-5-11)16(17,18)19/h4-7,10H,3,8-9H2,1-2H3. The van der Waals surface area contributed by atoms with Gasteiger partial charge in [-0.05, 0) is 31.2 Å². The van der Waals surface area contributed by atoms with Gasteiger partial charge in [0, 0.05) is 5.92 Å². The molecule has 0 fully saturated rings. The van der Waals surface area contributed by atoms with Crippen molar-refractivity contribution in [2.24, 2.45) is 5.92 Å². The molecule has 1 aromatic rings. The van der Waals surface area contributed by atoms with Crippen LogP contribution in [-0.4, -0.2) is 30.9 Å². The number of alkyl halides is 3. The zero-order valence-corrected chi connectivity index (χ0v) is 13.2. The summed E-state index contributed by atoms with van der Waals surface area (Å²) in [5.74, 6) is -2.62. The van der Waals surface area contributed by atoms with Gasteiger partial charge in [-0.15, -0.1) is 0 Å². The van der Waals surface area contributed by atoms with Gasteiger partial charge < -0.3 is 9.47 Å². The van der Waals surface area contributed by atoms with Crippen LogP contribution >= 0.6 is 0 Å². The van der Waals surface area contributed by atoms with Crippen molar-refractivity contribution >= 4 is 17.7 Å². The number of benzene rings is 1. The van der Waals surface area contributed by atoms with E-state index in [9.17, 15) is 27.6 Å². The van der Waals surface area contributed by atoms with E-state index < -0.39 is 42.0 Å². The Bertz CT molecular complexity index is 593. The van der Waals surface area contributed by atoms with Gasteiger partial charge in [0.25, 0.3) is 0 Å².